The Kier molecular flexibility index (Phi) is 4.28. The van der Waals surface area contributed by atoms with Crippen molar-refractivity contribution in [3.05, 3.63) is 47.3 Å². The van der Waals surface area contributed by atoms with Crippen molar-refractivity contribution < 1.29 is 14.3 Å². The minimum Gasteiger partial charge on any atom is -0.428 e. The summed E-state index contributed by atoms with van der Waals surface area (Å²) in [6.45, 7) is 5.28. The van der Waals surface area contributed by atoms with E-state index in [9.17, 15) is 9.90 Å². The average Bonchev–Trinajstić information content (AvgIpc) is 2.76. The molecule has 21 heavy (non-hydrogen) atoms. The molecule has 0 saturated carbocycles. The maximum atomic E-state index is 11.8. The van der Waals surface area contributed by atoms with E-state index in [2.05, 4.69) is 15.6 Å². The van der Waals surface area contributed by atoms with Gasteiger partial charge in [0.15, 0.2) is 0 Å². The second-order valence-electron chi connectivity index (χ2n) is 5.11. The van der Waals surface area contributed by atoms with Gasteiger partial charge in [-0.2, -0.15) is 4.98 Å². The number of benzene rings is 1. The van der Waals surface area contributed by atoms with E-state index >= 15 is 0 Å². The fraction of sp³-hybridized carbons (Fsp3) is 0.333. The summed E-state index contributed by atoms with van der Waals surface area (Å²) in [5.41, 5.74) is 0.302. The Labute approximate surface area is 123 Å². The molecule has 0 saturated heterocycles. The van der Waals surface area contributed by atoms with Crippen LogP contribution in [0.5, 0.6) is 0 Å². The Morgan fingerprint density at radius 3 is 2.57 bits per heavy atom. The van der Waals surface area contributed by atoms with E-state index < -0.39 is 11.6 Å². The monoisotopic (exact) mass is 289 g/mol. The molecule has 1 aromatic carbocycles. The minimum atomic E-state index is -1.15. The van der Waals surface area contributed by atoms with Gasteiger partial charge in [-0.05, 0) is 26.3 Å². The topological polar surface area (TPSA) is 87.4 Å². The molecular weight excluding hydrogens is 270 g/mol. The Bertz CT molecular complexity index is 601. The van der Waals surface area contributed by atoms with E-state index in [1.807, 2.05) is 18.2 Å². The van der Waals surface area contributed by atoms with Gasteiger partial charge in [0.1, 0.15) is 11.4 Å². The van der Waals surface area contributed by atoms with Crippen molar-refractivity contribution in [1.29, 1.82) is 0 Å². The number of amides is 2. The third-order valence-corrected chi connectivity index (χ3v) is 3.24. The van der Waals surface area contributed by atoms with E-state index in [0.29, 0.717) is 5.76 Å². The Morgan fingerprint density at radius 2 is 2.00 bits per heavy atom. The quantitative estimate of drug-likeness (QED) is 0.806. The summed E-state index contributed by atoms with van der Waals surface area (Å²) in [6, 6.07) is 8.81. The lowest BCUT2D eigenvalue weighted by Gasteiger charge is -2.24. The summed E-state index contributed by atoms with van der Waals surface area (Å²) in [5, 5.41) is 15.5. The number of hydrogen-bond acceptors (Lipinski definition) is 4. The number of hydrogen-bond donors (Lipinski definition) is 3. The zero-order chi connectivity index (χ0) is 15.5. The first-order valence-corrected chi connectivity index (χ1v) is 6.65. The molecule has 1 aromatic heterocycles. The first-order valence-electron chi connectivity index (χ1n) is 6.65. The molecule has 0 bridgehead atoms. The molecular formula is C15H19N3O3. The number of rotatable bonds is 4. The second-order valence-corrected chi connectivity index (χ2v) is 5.11. The lowest BCUT2D eigenvalue weighted by molar-refractivity contribution is 0.0599. The summed E-state index contributed by atoms with van der Waals surface area (Å²) in [6.07, 6.45) is 0. The van der Waals surface area contributed by atoms with Crippen LogP contribution >= 0.6 is 0 Å². The van der Waals surface area contributed by atoms with Gasteiger partial charge in [-0.15, -0.1) is 0 Å². The molecule has 0 aliphatic carbocycles. The van der Waals surface area contributed by atoms with E-state index in [1.165, 1.54) is 0 Å². The first-order chi connectivity index (χ1) is 9.88. The van der Waals surface area contributed by atoms with Gasteiger partial charge in [-0.3, -0.25) is 5.32 Å². The number of urea groups is 1. The predicted octanol–water partition coefficient (Wildman–Crippen LogP) is 2.32. The van der Waals surface area contributed by atoms with Crippen LogP contribution in [-0.2, 0) is 5.60 Å². The Morgan fingerprint density at radius 1 is 1.33 bits per heavy atom. The summed E-state index contributed by atoms with van der Waals surface area (Å²) in [5.74, 6) is 0.654. The number of oxazole rings is 1. The van der Waals surface area contributed by atoms with Gasteiger partial charge < -0.3 is 14.8 Å². The van der Waals surface area contributed by atoms with Crippen LogP contribution in [0, 0.1) is 13.8 Å². The normalized spacial score (nSPS) is 13.5. The van der Waals surface area contributed by atoms with Crippen LogP contribution < -0.4 is 10.6 Å². The average molecular weight is 289 g/mol. The van der Waals surface area contributed by atoms with Crippen LogP contribution in [0.2, 0.25) is 0 Å². The third-order valence-electron chi connectivity index (χ3n) is 3.24. The number of aromatic nitrogens is 1. The molecule has 0 aliphatic rings. The standard InChI is InChI=1S/C15H19N3O3/c1-10-11(2)21-14(17-10)18-13(19)16-9-15(3,20)12-7-5-4-6-8-12/h4-8,20H,9H2,1-3H3,(H2,16,17,18,19). The van der Waals surface area contributed by atoms with Crippen molar-refractivity contribution >= 4 is 12.0 Å². The van der Waals surface area contributed by atoms with Crippen LogP contribution in [0.25, 0.3) is 0 Å². The fourth-order valence-electron chi connectivity index (χ4n) is 1.82. The van der Waals surface area contributed by atoms with Crippen LogP contribution in [0.4, 0.5) is 10.8 Å². The number of aliphatic hydroxyl groups is 1. The van der Waals surface area contributed by atoms with Crippen LogP contribution in [0.3, 0.4) is 0 Å². The predicted molar refractivity (Wildman–Crippen MR) is 79.0 cm³/mol. The second kappa shape index (κ2) is 5.97. The van der Waals surface area contributed by atoms with Gasteiger partial charge in [0.05, 0.1) is 12.2 Å². The lowest BCUT2D eigenvalue weighted by Crippen LogP contribution is -2.40. The minimum absolute atomic E-state index is 0.0710. The van der Waals surface area contributed by atoms with Crippen molar-refractivity contribution in [3.63, 3.8) is 0 Å². The molecule has 3 N–H and O–H groups in total. The highest BCUT2D eigenvalue weighted by atomic mass is 16.4. The molecule has 2 rings (SSSR count). The number of carbonyl (C=O) groups excluding carboxylic acids is 1. The molecule has 6 nitrogen and oxygen atoms in total. The zero-order valence-electron chi connectivity index (χ0n) is 12.3. The van der Waals surface area contributed by atoms with Gasteiger partial charge in [0.2, 0.25) is 0 Å². The molecule has 0 radical (unpaired) electrons. The Hall–Kier alpha value is -2.34. The highest BCUT2D eigenvalue weighted by molar-refractivity contribution is 5.87. The number of nitrogens with one attached hydrogen (secondary N) is 2. The molecule has 0 aliphatic heterocycles. The van der Waals surface area contributed by atoms with Crippen molar-refractivity contribution in [3.8, 4) is 0 Å². The maximum absolute atomic E-state index is 11.8. The van der Waals surface area contributed by atoms with Crippen LogP contribution in [-0.4, -0.2) is 22.7 Å². The van der Waals surface area contributed by atoms with Crippen molar-refractivity contribution in [2.45, 2.75) is 26.4 Å². The summed E-state index contributed by atoms with van der Waals surface area (Å²) in [7, 11) is 0. The van der Waals surface area contributed by atoms with Gasteiger partial charge in [-0.25, -0.2) is 4.79 Å². The summed E-state index contributed by atoms with van der Waals surface area (Å²) < 4.78 is 5.26. The van der Waals surface area contributed by atoms with Crippen molar-refractivity contribution in [2.75, 3.05) is 11.9 Å². The van der Waals surface area contributed by atoms with Crippen molar-refractivity contribution in [2.24, 2.45) is 0 Å². The lowest BCUT2D eigenvalue weighted by atomic mass is 9.96. The summed E-state index contributed by atoms with van der Waals surface area (Å²) in [4.78, 5) is 15.8. The van der Waals surface area contributed by atoms with Crippen LogP contribution in [0.15, 0.2) is 34.7 Å². The van der Waals surface area contributed by atoms with Gasteiger partial charge in [0.25, 0.3) is 0 Å². The van der Waals surface area contributed by atoms with Gasteiger partial charge in [0, 0.05) is 0 Å². The number of anilines is 1. The SMILES string of the molecule is Cc1nc(NC(=O)NCC(C)(O)c2ccccc2)oc1C. The molecule has 2 amide bonds. The molecule has 1 atom stereocenters. The smallest absolute Gasteiger partial charge is 0.322 e. The Balaban J connectivity index is 1.92. The molecule has 0 spiro atoms. The third kappa shape index (κ3) is 3.82. The van der Waals surface area contributed by atoms with Gasteiger partial charge in [-0.1, -0.05) is 30.3 Å². The van der Waals surface area contributed by atoms with Crippen molar-refractivity contribution in [1.82, 2.24) is 10.3 Å². The highest BCUT2D eigenvalue weighted by Crippen LogP contribution is 2.19. The first kappa shape index (κ1) is 15.1. The summed E-state index contributed by atoms with van der Waals surface area (Å²) >= 11 is 0. The molecule has 6 heteroatoms. The van der Waals surface area contributed by atoms with E-state index in [0.717, 1.165) is 11.3 Å². The molecule has 1 unspecified atom stereocenters. The fourth-order valence-corrected chi connectivity index (χ4v) is 1.82. The van der Waals surface area contributed by atoms with E-state index in [-0.39, 0.29) is 12.6 Å². The number of nitrogens with zero attached hydrogens (tertiary/aromatic N) is 1. The van der Waals surface area contributed by atoms with Crippen LogP contribution in [0.1, 0.15) is 23.9 Å². The molecule has 0 fully saturated rings. The maximum Gasteiger partial charge on any atom is 0.322 e. The van der Waals surface area contributed by atoms with Gasteiger partial charge >= 0.3 is 12.0 Å². The highest BCUT2D eigenvalue weighted by Gasteiger charge is 2.23. The number of carbonyl (C=O) groups is 1. The molecule has 1 heterocycles. The zero-order valence-corrected chi connectivity index (χ0v) is 12.3. The largest absolute Gasteiger partial charge is 0.428 e. The molecule has 2 aromatic rings. The number of aryl methyl sites for hydroxylation is 2. The van der Waals surface area contributed by atoms with E-state index in [1.54, 1.807) is 32.9 Å². The van der Waals surface area contributed by atoms with E-state index in [4.69, 9.17) is 4.42 Å². The molecule has 112 valence electrons.